The predicted octanol–water partition coefficient (Wildman–Crippen LogP) is 0.940. The largest absolute Gasteiger partial charge is 0.486 e. The van der Waals surface area contributed by atoms with Crippen LogP contribution in [0, 0.1) is 6.92 Å². The van der Waals surface area contributed by atoms with E-state index in [-0.39, 0.29) is 12.1 Å². The summed E-state index contributed by atoms with van der Waals surface area (Å²) < 4.78 is 12.5. The zero-order valence-corrected chi connectivity index (χ0v) is 13.9. The van der Waals surface area contributed by atoms with Gasteiger partial charge in [-0.15, -0.1) is 5.10 Å². The van der Waals surface area contributed by atoms with E-state index in [2.05, 4.69) is 15.6 Å². The van der Waals surface area contributed by atoms with Gasteiger partial charge in [-0.2, -0.15) is 0 Å². The van der Waals surface area contributed by atoms with E-state index in [1.54, 1.807) is 32.0 Å². The normalized spacial score (nSPS) is 14.0. The van der Waals surface area contributed by atoms with E-state index in [0.717, 1.165) is 0 Å². The second kappa shape index (κ2) is 6.80. The van der Waals surface area contributed by atoms with Gasteiger partial charge in [0.25, 0.3) is 5.91 Å². The monoisotopic (exact) mass is 346 g/mol. The molecule has 0 fully saturated rings. The van der Waals surface area contributed by atoms with Crippen LogP contribution in [-0.2, 0) is 4.79 Å². The lowest BCUT2D eigenvalue weighted by atomic mass is 10.2. The Bertz CT molecular complexity index is 817. The van der Waals surface area contributed by atoms with Gasteiger partial charge in [-0.25, -0.2) is 9.48 Å². The number of aromatic nitrogens is 3. The molecule has 9 heteroatoms. The van der Waals surface area contributed by atoms with Crippen molar-refractivity contribution in [2.24, 2.45) is 0 Å². The first-order valence-corrected chi connectivity index (χ1v) is 7.87. The van der Waals surface area contributed by atoms with Crippen molar-refractivity contribution in [3.8, 4) is 17.2 Å². The van der Waals surface area contributed by atoms with E-state index in [0.29, 0.717) is 36.1 Å². The number of nitrogens with zero attached hydrogens (tertiary/aromatic N) is 3. The van der Waals surface area contributed by atoms with Crippen LogP contribution in [0.1, 0.15) is 29.5 Å². The lowest BCUT2D eigenvalue weighted by molar-refractivity contribution is -0.139. The van der Waals surface area contributed by atoms with E-state index in [9.17, 15) is 9.59 Å². The molecule has 0 saturated heterocycles. The van der Waals surface area contributed by atoms with E-state index in [1.165, 1.54) is 4.68 Å². The van der Waals surface area contributed by atoms with E-state index >= 15 is 0 Å². The molecule has 1 atom stereocenters. The van der Waals surface area contributed by atoms with Crippen molar-refractivity contribution >= 4 is 11.9 Å². The van der Waals surface area contributed by atoms with Crippen LogP contribution in [0.25, 0.3) is 5.69 Å². The molecular weight excluding hydrogens is 328 g/mol. The number of benzene rings is 1. The maximum absolute atomic E-state index is 12.3. The molecule has 1 amide bonds. The summed E-state index contributed by atoms with van der Waals surface area (Å²) in [7, 11) is 0. The maximum Gasteiger partial charge on any atom is 0.326 e. The highest BCUT2D eigenvalue weighted by Crippen LogP contribution is 2.32. The highest BCUT2D eigenvalue weighted by Gasteiger charge is 2.23. The van der Waals surface area contributed by atoms with Crippen molar-refractivity contribution in [2.75, 3.05) is 13.2 Å². The number of carbonyl (C=O) groups is 2. The minimum atomic E-state index is -1.09. The van der Waals surface area contributed by atoms with E-state index < -0.39 is 17.9 Å². The second-order valence-corrected chi connectivity index (χ2v) is 5.54. The molecule has 9 nitrogen and oxygen atoms in total. The number of hydrogen-bond acceptors (Lipinski definition) is 6. The first kappa shape index (κ1) is 16.7. The minimum absolute atomic E-state index is 0.0783. The van der Waals surface area contributed by atoms with Crippen molar-refractivity contribution in [2.45, 2.75) is 26.3 Å². The number of fused-ring (bicyclic) bond motifs is 1. The number of nitrogens with one attached hydrogen (secondary N) is 1. The molecule has 1 aromatic heterocycles. The van der Waals surface area contributed by atoms with Gasteiger partial charge < -0.3 is 19.9 Å². The van der Waals surface area contributed by atoms with Gasteiger partial charge in [0.2, 0.25) is 0 Å². The number of hydrogen-bond donors (Lipinski definition) is 2. The van der Waals surface area contributed by atoms with Crippen LogP contribution >= 0.6 is 0 Å². The molecule has 1 unspecified atom stereocenters. The fourth-order valence-corrected chi connectivity index (χ4v) is 2.51. The predicted molar refractivity (Wildman–Crippen MR) is 86.3 cm³/mol. The topological polar surface area (TPSA) is 116 Å². The summed E-state index contributed by atoms with van der Waals surface area (Å²) in [6, 6.07) is 4.33. The molecule has 1 aliphatic heterocycles. The van der Waals surface area contributed by atoms with Gasteiger partial charge in [0.15, 0.2) is 17.2 Å². The summed E-state index contributed by atoms with van der Waals surface area (Å²) in [5.41, 5.74) is 1.24. The number of rotatable bonds is 5. The van der Waals surface area contributed by atoms with Gasteiger partial charge in [-0.05, 0) is 25.5 Å². The number of amides is 1. The number of carboxylic acids is 1. The zero-order chi connectivity index (χ0) is 18.0. The Morgan fingerprint density at radius 3 is 2.72 bits per heavy atom. The molecule has 2 heterocycles. The molecule has 25 heavy (non-hydrogen) atoms. The van der Waals surface area contributed by atoms with Crippen LogP contribution in [0.3, 0.4) is 0 Å². The van der Waals surface area contributed by atoms with Gasteiger partial charge in [0.1, 0.15) is 19.3 Å². The highest BCUT2D eigenvalue weighted by molar-refractivity contribution is 5.95. The second-order valence-electron chi connectivity index (χ2n) is 5.54. The highest BCUT2D eigenvalue weighted by atomic mass is 16.6. The Morgan fingerprint density at radius 2 is 2.04 bits per heavy atom. The van der Waals surface area contributed by atoms with Crippen LogP contribution in [0.15, 0.2) is 18.2 Å². The van der Waals surface area contributed by atoms with Crippen molar-refractivity contribution < 1.29 is 24.2 Å². The molecule has 2 N–H and O–H groups in total. The molecule has 1 aromatic carbocycles. The van der Waals surface area contributed by atoms with Gasteiger partial charge in [0.05, 0.1) is 11.4 Å². The molecule has 0 radical (unpaired) electrons. The summed E-state index contributed by atoms with van der Waals surface area (Å²) in [4.78, 5) is 23.3. The first-order chi connectivity index (χ1) is 12.0. The molecule has 0 aliphatic carbocycles. The van der Waals surface area contributed by atoms with Crippen molar-refractivity contribution in [1.29, 1.82) is 0 Å². The molecule has 0 saturated carbocycles. The van der Waals surface area contributed by atoms with Crippen LogP contribution in [0.4, 0.5) is 0 Å². The van der Waals surface area contributed by atoms with E-state index in [1.807, 2.05) is 0 Å². The Kier molecular flexibility index (Phi) is 4.55. The third-order valence-electron chi connectivity index (χ3n) is 3.89. The molecule has 2 aromatic rings. The lowest BCUT2D eigenvalue weighted by Crippen LogP contribution is -2.40. The first-order valence-electron chi connectivity index (χ1n) is 7.87. The quantitative estimate of drug-likeness (QED) is 0.827. The lowest BCUT2D eigenvalue weighted by Gasteiger charge is -2.18. The van der Waals surface area contributed by atoms with Crippen molar-refractivity contribution in [1.82, 2.24) is 20.3 Å². The average Bonchev–Trinajstić information content (AvgIpc) is 3.00. The zero-order valence-electron chi connectivity index (χ0n) is 13.9. The Morgan fingerprint density at radius 1 is 1.32 bits per heavy atom. The Hall–Kier alpha value is -3.10. The Balaban J connectivity index is 1.86. The third kappa shape index (κ3) is 3.25. The summed E-state index contributed by atoms with van der Waals surface area (Å²) in [5.74, 6) is -0.414. The van der Waals surface area contributed by atoms with Crippen LogP contribution in [0.2, 0.25) is 0 Å². The van der Waals surface area contributed by atoms with Crippen molar-refractivity contribution in [3.63, 3.8) is 0 Å². The standard InChI is InChI=1S/C16H18N4O5/c1-3-11(16(22)23)17-15(21)14-9(2)20(19-18-14)10-4-5-12-13(8-10)25-7-6-24-12/h4-5,8,11H,3,6-7H2,1-2H3,(H,17,21)(H,22,23). The molecule has 132 valence electrons. The SMILES string of the molecule is CCC(NC(=O)c1nnn(-c2ccc3c(c2)OCCO3)c1C)C(=O)O. The third-order valence-corrected chi connectivity index (χ3v) is 3.89. The van der Waals surface area contributed by atoms with Gasteiger partial charge in [-0.1, -0.05) is 12.1 Å². The van der Waals surface area contributed by atoms with Crippen LogP contribution in [-0.4, -0.2) is 51.2 Å². The number of ether oxygens (including phenoxy) is 2. The molecule has 1 aliphatic rings. The molecule has 3 rings (SSSR count). The summed E-state index contributed by atoms with van der Waals surface area (Å²) in [5, 5.41) is 19.4. The maximum atomic E-state index is 12.3. The average molecular weight is 346 g/mol. The summed E-state index contributed by atoms with van der Waals surface area (Å²) in [6.45, 7) is 4.33. The Labute approximate surface area is 143 Å². The summed E-state index contributed by atoms with van der Waals surface area (Å²) >= 11 is 0. The van der Waals surface area contributed by atoms with Crippen LogP contribution < -0.4 is 14.8 Å². The van der Waals surface area contributed by atoms with Crippen LogP contribution in [0.5, 0.6) is 11.5 Å². The number of carbonyl (C=O) groups excluding carboxylic acids is 1. The molecular formula is C16H18N4O5. The van der Waals surface area contributed by atoms with Gasteiger partial charge in [0, 0.05) is 6.07 Å². The smallest absolute Gasteiger partial charge is 0.326 e. The van der Waals surface area contributed by atoms with E-state index in [4.69, 9.17) is 14.6 Å². The summed E-state index contributed by atoms with van der Waals surface area (Å²) in [6.07, 6.45) is 0.274. The number of aliphatic carboxylic acids is 1. The van der Waals surface area contributed by atoms with Gasteiger partial charge >= 0.3 is 5.97 Å². The fourth-order valence-electron chi connectivity index (χ4n) is 2.51. The molecule has 0 spiro atoms. The number of carboxylic acid groups (broad SMARTS) is 1. The fraction of sp³-hybridized carbons (Fsp3) is 0.375. The minimum Gasteiger partial charge on any atom is -0.486 e. The molecule has 0 bridgehead atoms. The van der Waals surface area contributed by atoms with Gasteiger partial charge in [-0.3, -0.25) is 4.79 Å². The van der Waals surface area contributed by atoms with Crippen molar-refractivity contribution in [3.05, 3.63) is 29.6 Å².